The molecule has 1 aliphatic carbocycles. The van der Waals surface area contributed by atoms with Crippen LogP contribution in [0.2, 0.25) is 0 Å². The van der Waals surface area contributed by atoms with Crippen LogP contribution in [0.15, 0.2) is 28.7 Å². The van der Waals surface area contributed by atoms with E-state index in [0.717, 1.165) is 33.7 Å². The zero-order chi connectivity index (χ0) is 17.6. The summed E-state index contributed by atoms with van der Waals surface area (Å²) >= 11 is 3.58. The number of hydrogen-bond acceptors (Lipinski definition) is 5. The fourth-order valence-corrected chi connectivity index (χ4v) is 3.29. The lowest BCUT2D eigenvalue weighted by atomic mass is 10.1. The Labute approximate surface area is 154 Å². The molecule has 6 nitrogen and oxygen atoms in total. The normalized spacial score (nSPS) is 15.5. The molecule has 1 saturated carbocycles. The molecule has 0 aliphatic heterocycles. The summed E-state index contributed by atoms with van der Waals surface area (Å²) in [5, 5.41) is 18.5. The van der Waals surface area contributed by atoms with Crippen LogP contribution in [0.25, 0.3) is 11.0 Å². The molecule has 1 unspecified atom stereocenters. The van der Waals surface area contributed by atoms with Crippen molar-refractivity contribution in [2.24, 2.45) is 5.92 Å². The van der Waals surface area contributed by atoms with Gasteiger partial charge in [0.2, 0.25) is 5.88 Å². The van der Waals surface area contributed by atoms with Gasteiger partial charge in [-0.2, -0.15) is 0 Å². The van der Waals surface area contributed by atoms with E-state index in [-0.39, 0.29) is 0 Å². The van der Waals surface area contributed by atoms with Crippen molar-refractivity contribution < 1.29 is 9.84 Å². The largest absolute Gasteiger partial charge is 0.437 e. The standard InChI is InChI=1S/C18H19BrN4O2/c1-10-3-6-13(11(2)24)18(20-10)25-15-8-7-14-17(16(15)19)21-22-23(14)9-12-4-5-12/h3,6-8,11-12,24H,4-5,9H2,1-2H3. The van der Waals surface area contributed by atoms with E-state index in [1.54, 1.807) is 6.92 Å². The smallest absolute Gasteiger partial charge is 0.225 e. The minimum absolute atomic E-state index is 0.403. The van der Waals surface area contributed by atoms with Crippen LogP contribution in [-0.2, 0) is 6.54 Å². The van der Waals surface area contributed by atoms with Crippen LogP contribution in [-0.4, -0.2) is 25.1 Å². The van der Waals surface area contributed by atoms with Gasteiger partial charge in [-0.3, -0.25) is 0 Å². The molecule has 0 bridgehead atoms. The second kappa shape index (κ2) is 6.38. The second-order valence-electron chi connectivity index (χ2n) is 6.59. The molecule has 0 saturated heterocycles. The monoisotopic (exact) mass is 402 g/mol. The molecular formula is C18H19BrN4O2. The maximum atomic E-state index is 9.95. The number of fused-ring (bicyclic) bond motifs is 1. The summed E-state index contributed by atoms with van der Waals surface area (Å²) in [6.45, 7) is 4.50. The first-order valence-electron chi connectivity index (χ1n) is 8.38. The van der Waals surface area contributed by atoms with Crippen molar-refractivity contribution in [3.63, 3.8) is 0 Å². The number of aryl methyl sites for hydroxylation is 1. The summed E-state index contributed by atoms with van der Waals surface area (Å²) in [4.78, 5) is 4.42. The number of benzene rings is 1. The Hall–Kier alpha value is -1.99. The molecule has 2 heterocycles. The molecule has 0 radical (unpaired) electrons. The number of aromatic nitrogens is 4. The van der Waals surface area contributed by atoms with E-state index in [4.69, 9.17) is 4.74 Å². The van der Waals surface area contributed by atoms with Gasteiger partial charge in [0, 0.05) is 17.8 Å². The molecule has 1 aliphatic rings. The van der Waals surface area contributed by atoms with Gasteiger partial charge in [-0.1, -0.05) is 5.21 Å². The molecule has 1 N–H and O–H groups in total. The van der Waals surface area contributed by atoms with Crippen LogP contribution < -0.4 is 4.74 Å². The van der Waals surface area contributed by atoms with Gasteiger partial charge >= 0.3 is 0 Å². The van der Waals surface area contributed by atoms with Gasteiger partial charge < -0.3 is 9.84 Å². The number of halogens is 1. The summed E-state index contributed by atoms with van der Waals surface area (Å²) in [7, 11) is 0. The summed E-state index contributed by atoms with van der Waals surface area (Å²) < 4.78 is 8.69. The Morgan fingerprint density at radius 1 is 1.32 bits per heavy atom. The van der Waals surface area contributed by atoms with E-state index in [9.17, 15) is 5.11 Å². The third-order valence-electron chi connectivity index (χ3n) is 4.40. The van der Waals surface area contributed by atoms with Crippen LogP contribution in [0.5, 0.6) is 11.6 Å². The van der Waals surface area contributed by atoms with Gasteiger partial charge in [-0.25, -0.2) is 9.67 Å². The van der Waals surface area contributed by atoms with E-state index in [2.05, 4.69) is 31.2 Å². The van der Waals surface area contributed by atoms with E-state index >= 15 is 0 Å². The number of nitrogens with zero attached hydrogens (tertiary/aromatic N) is 4. The highest BCUT2D eigenvalue weighted by atomic mass is 79.9. The predicted molar refractivity (Wildman–Crippen MR) is 97.6 cm³/mol. The molecule has 0 amide bonds. The number of aliphatic hydroxyl groups is 1. The van der Waals surface area contributed by atoms with Crippen molar-refractivity contribution in [1.82, 2.24) is 20.0 Å². The lowest BCUT2D eigenvalue weighted by molar-refractivity contribution is 0.194. The van der Waals surface area contributed by atoms with Crippen molar-refractivity contribution in [3.8, 4) is 11.6 Å². The van der Waals surface area contributed by atoms with Gasteiger partial charge in [0.25, 0.3) is 0 Å². The third kappa shape index (κ3) is 3.26. The van der Waals surface area contributed by atoms with E-state index in [1.807, 2.05) is 35.9 Å². The Bertz CT molecular complexity index is 934. The number of rotatable bonds is 5. The third-order valence-corrected chi connectivity index (χ3v) is 5.17. The number of hydrogen-bond donors (Lipinski definition) is 1. The molecule has 130 valence electrons. The quantitative estimate of drug-likeness (QED) is 0.693. The lowest BCUT2D eigenvalue weighted by Crippen LogP contribution is -2.02. The van der Waals surface area contributed by atoms with Crippen molar-refractivity contribution in [1.29, 1.82) is 0 Å². The first-order valence-corrected chi connectivity index (χ1v) is 9.17. The molecule has 0 spiro atoms. The maximum absolute atomic E-state index is 9.95. The van der Waals surface area contributed by atoms with Crippen molar-refractivity contribution >= 4 is 27.0 Å². The van der Waals surface area contributed by atoms with Gasteiger partial charge in [-0.15, -0.1) is 5.10 Å². The zero-order valence-corrected chi connectivity index (χ0v) is 15.7. The Balaban J connectivity index is 1.70. The molecule has 25 heavy (non-hydrogen) atoms. The van der Waals surface area contributed by atoms with Crippen molar-refractivity contribution in [3.05, 3.63) is 40.0 Å². The van der Waals surface area contributed by atoms with E-state index < -0.39 is 6.10 Å². The molecule has 3 aromatic rings. The molecule has 7 heteroatoms. The summed E-state index contributed by atoms with van der Waals surface area (Å²) in [6, 6.07) is 7.54. The fraction of sp³-hybridized carbons (Fsp3) is 0.389. The highest BCUT2D eigenvalue weighted by molar-refractivity contribution is 9.10. The minimum atomic E-state index is -0.662. The molecule has 2 aromatic heterocycles. The van der Waals surface area contributed by atoms with Gasteiger partial charge in [0.05, 0.1) is 16.1 Å². The van der Waals surface area contributed by atoms with Gasteiger partial charge in [0.15, 0.2) is 0 Å². The molecule has 1 fully saturated rings. The highest BCUT2D eigenvalue weighted by Gasteiger charge is 2.24. The van der Waals surface area contributed by atoms with Gasteiger partial charge in [0.1, 0.15) is 11.3 Å². The summed E-state index contributed by atoms with van der Waals surface area (Å²) in [5.74, 6) is 1.73. The van der Waals surface area contributed by atoms with E-state index in [1.165, 1.54) is 12.8 Å². The summed E-state index contributed by atoms with van der Waals surface area (Å²) in [5.41, 5.74) is 3.23. The van der Waals surface area contributed by atoms with Crippen LogP contribution in [0, 0.1) is 12.8 Å². The second-order valence-corrected chi connectivity index (χ2v) is 7.38. The van der Waals surface area contributed by atoms with Crippen molar-refractivity contribution in [2.75, 3.05) is 0 Å². The number of aliphatic hydroxyl groups excluding tert-OH is 1. The predicted octanol–water partition coefficient (Wildman–Crippen LogP) is 4.15. The van der Waals surface area contributed by atoms with E-state index in [0.29, 0.717) is 17.2 Å². The minimum Gasteiger partial charge on any atom is -0.437 e. The average Bonchev–Trinajstić information content (AvgIpc) is 3.29. The Morgan fingerprint density at radius 2 is 2.12 bits per heavy atom. The highest BCUT2D eigenvalue weighted by Crippen LogP contribution is 2.37. The van der Waals surface area contributed by atoms with Crippen LogP contribution in [0.3, 0.4) is 0 Å². The van der Waals surface area contributed by atoms with Crippen LogP contribution in [0.4, 0.5) is 0 Å². The lowest BCUT2D eigenvalue weighted by Gasteiger charge is -2.13. The number of pyridine rings is 1. The van der Waals surface area contributed by atoms with Crippen LogP contribution in [0.1, 0.15) is 37.1 Å². The topological polar surface area (TPSA) is 73.1 Å². The molecule has 1 atom stereocenters. The Kier molecular flexibility index (Phi) is 4.21. The summed E-state index contributed by atoms with van der Waals surface area (Å²) in [6.07, 6.45) is 1.88. The molecule has 4 rings (SSSR count). The first-order chi connectivity index (χ1) is 12.0. The maximum Gasteiger partial charge on any atom is 0.225 e. The Morgan fingerprint density at radius 3 is 2.84 bits per heavy atom. The first kappa shape index (κ1) is 16.5. The fourth-order valence-electron chi connectivity index (χ4n) is 2.79. The van der Waals surface area contributed by atoms with Crippen molar-refractivity contribution in [2.45, 2.75) is 39.3 Å². The zero-order valence-electron chi connectivity index (χ0n) is 14.1. The average molecular weight is 403 g/mol. The molecule has 1 aromatic carbocycles. The number of ether oxygens (including phenoxy) is 1. The van der Waals surface area contributed by atoms with Gasteiger partial charge in [-0.05, 0) is 72.8 Å². The SMILES string of the molecule is Cc1ccc(C(C)O)c(Oc2ccc3c(nnn3CC3CC3)c2Br)n1. The molecular weight excluding hydrogens is 384 g/mol. The van der Waals surface area contributed by atoms with Crippen LogP contribution >= 0.6 is 15.9 Å².